The largest absolute Gasteiger partial charge is 0.314 e. The fourth-order valence-electron chi connectivity index (χ4n) is 3.94. The summed E-state index contributed by atoms with van der Waals surface area (Å²) in [4.78, 5) is 2.28. The van der Waals surface area contributed by atoms with E-state index in [1.807, 2.05) is 0 Å². The topological polar surface area (TPSA) is 15.3 Å². The van der Waals surface area contributed by atoms with Crippen LogP contribution in [-0.4, -0.2) is 31.1 Å². The lowest BCUT2D eigenvalue weighted by molar-refractivity contribution is 0.0975. The highest BCUT2D eigenvalue weighted by Gasteiger charge is 2.35. The minimum absolute atomic E-state index is 0. The van der Waals surface area contributed by atoms with Gasteiger partial charge in [0.25, 0.3) is 0 Å². The van der Waals surface area contributed by atoms with E-state index in [0.29, 0.717) is 10.4 Å². The minimum Gasteiger partial charge on any atom is -0.314 e. The summed E-state index contributed by atoms with van der Waals surface area (Å²) in [5, 5.41) is 3.33. The lowest BCUT2D eigenvalue weighted by Crippen LogP contribution is -2.47. The van der Waals surface area contributed by atoms with Gasteiger partial charge in [-0.15, -0.1) is 12.4 Å². The van der Waals surface area contributed by atoms with Gasteiger partial charge in [-0.05, 0) is 46.8 Å². The molecule has 1 aliphatic carbocycles. The van der Waals surface area contributed by atoms with Crippen molar-refractivity contribution >= 4 is 28.3 Å². The van der Waals surface area contributed by atoms with Crippen LogP contribution in [0.3, 0.4) is 0 Å². The third-order valence-electron chi connectivity index (χ3n) is 5.02. The lowest BCUT2D eigenvalue weighted by Gasteiger charge is -2.41. The minimum atomic E-state index is -0.422. The van der Waals surface area contributed by atoms with Crippen LogP contribution < -0.4 is 5.32 Å². The first-order valence-electron chi connectivity index (χ1n) is 8.26. The molecule has 0 radical (unpaired) electrons. The fraction of sp³-hybridized carbons (Fsp3) is 0.647. The van der Waals surface area contributed by atoms with Gasteiger partial charge >= 0.3 is 0 Å². The molecule has 1 aromatic carbocycles. The average Bonchev–Trinajstić information content (AvgIpc) is 2.57. The molecule has 1 N–H and O–H groups in total. The molecule has 0 bridgehead atoms. The van der Waals surface area contributed by atoms with Gasteiger partial charge in [0, 0.05) is 37.8 Å². The van der Waals surface area contributed by atoms with E-state index in [0.717, 1.165) is 39.0 Å². The molecule has 23 heavy (non-hydrogen) atoms. The molecule has 3 rings (SSSR count). The van der Waals surface area contributed by atoms with Crippen molar-refractivity contribution in [1.29, 1.82) is 0 Å². The summed E-state index contributed by atoms with van der Waals surface area (Å²) in [6, 6.07) is 2.71. The second-order valence-corrected chi connectivity index (χ2v) is 7.24. The number of nitrogens with one attached hydrogen (secondary N) is 1. The maximum Gasteiger partial charge on any atom is 0.145 e. The fourth-order valence-corrected chi connectivity index (χ4v) is 4.29. The lowest BCUT2D eigenvalue weighted by atomic mass is 9.80. The van der Waals surface area contributed by atoms with E-state index >= 15 is 0 Å². The molecule has 0 aromatic heterocycles. The first-order valence-corrected chi connectivity index (χ1v) is 9.06. The summed E-state index contributed by atoms with van der Waals surface area (Å²) in [6.07, 6.45) is 5.73. The van der Waals surface area contributed by atoms with Crippen molar-refractivity contribution in [1.82, 2.24) is 10.2 Å². The maximum atomic E-state index is 14.7. The second kappa shape index (κ2) is 8.75. The van der Waals surface area contributed by atoms with Gasteiger partial charge in [-0.1, -0.05) is 19.3 Å². The Kier molecular flexibility index (Phi) is 7.26. The molecule has 2 nitrogen and oxygen atoms in total. The predicted octanol–water partition coefficient (Wildman–Crippen LogP) is 4.68. The summed E-state index contributed by atoms with van der Waals surface area (Å²) < 4.78 is 29.5. The molecule has 0 amide bonds. The average molecular weight is 410 g/mol. The van der Waals surface area contributed by atoms with Crippen molar-refractivity contribution in [2.45, 2.75) is 38.1 Å². The summed E-state index contributed by atoms with van der Waals surface area (Å²) in [5.74, 6) is -0.478. The molecule has 1 saturated carbocycles. The van der Waals surface area contributed by atoms with E-state index < -0.39 is 11.6 Å². The molecule has 1 atom stereocenters. The van der Waals surface area contributed by atoms with Gasteiger partial charge in [-0.3, -0.25) is 4.90 Å². The van der Waals surface area contributed by atoms with E-state index in [2.05, 4.69) is 26.1 Å². The molecule has 1 aromatic rings. The number of nitrogens with zero attached hydrogens (tertiary/aromatic N) is 1. The van der Waals surface area contributed by atoms with E-state index in [9.17, 15) is 8.78 Å². The molecule has 1 saturated heterocycles. The molecule has 2 fully saturated rings. The van der Waals surface area contributed by atoms with Gasteiger partial charge in [0.2, 0.25) is 0 Å². The van der Waals surface area contributed by atoms with Crippen LogP contribution in [0.2, 0.25) is 0 Å². The number of hydrogen-bond donors (Lipinski definition) is 1. The molecule has 0 unspecified atom stereocenters. The molecule has 0 spiro atoms. The van der Waals surface area contributed by atoms with Crippen LogP contribution in [0.4, 0.5) is 8.78 Å². The monoisotopic (exact) mass is 408 g/mol. The molecule has 1 heterocycles. The van der Waals surface area contributed by atoms with Gasteiger partial charge in [-0.25, -0.2) is 8.78 Å². The summed E-state index contributed by atoms with van der Waals surface area (Å²) in [5.41, 5.74) is 0.267. The number of rotatable bonds is 3. The quantitative estimate of drug-likeness (QED) is 0.730. The summed E-state index contributed by atoms with van der Waals surface area (Å²) in [6.45, 7) is 3.49. The van der Waals surface area contributed by atoms with Crippen LogP contribution in [-0.2, 0) is 0 Å². The molecular weight excluding hydrogens is 386 g/mol. The number of halogens is 4. The van der Waals surface area contributed by atoms with Gasteiger partial charge < -0.3 is 5.32 Å². The summed E-state index contributed by atoms with van der Waals surface area (Å²) in [7, 11) is 0. The third kappa shape index (κ3) is 4.25. The Labute approximate surface area is 151 Å². The van der Waals surface area contributed by atoms with Crippen LogP contribution in [0.5, 0.6) is 0 Å². The van der Waals surface area contributed by atoms with Crippen LogP contribution in [0.25, 0.3) is 0 Å². The first kappa shape index (κ1) is 19.1. The standard InChI is InChI=1S/C17H23BrF2N2.ClH/c18-13-6-7-14(19)15(16(13)20)17(12-4-2-1-3-5-12)22-10-8-21-9-11-22;/h6-7,12,17,21H,1-5,8-11H2;1H/t17-;/m0./s1. The first-order chi connectivity index (χ1) is 10.7. The smallest absolute Gasteiger partial charge is 0.145 e. The zero-order valence-electron chi connectivity index (χ0n) is 13.2. The van der Waals surface area contributed by atoms with Crippen molar-refractivity contribution in [2.24, 2.45) is 5.92 Å². The van der Waals surface area contributed by atoms with Crippen molar-refractivity contribution in [2.75, 3.05) is 26.2 Å². The highest BCUT2D eigenvalue weighted by Crippen LogP contribution is 2.41. The molecule has 1 aliphatic heterocycles. The van der Waals surface area contributed by atoms with Gasteiger partial charge in [-0.2, -0.15) is 0 Å². The zero-order chi connectivity index (χ0) is 15.5. The van der Waals surface area contributed by atoms with Gasteiger partial charge in [0.05, 0.1) is 4.47 Å². The van der Waals surface area contributed by atoms with E-state index in [1.165, 1.54) is 31.4 Å². The number of piperazine rings is 1. The van der Waals surface area contributed by atoms with Crippen LogP contribution in [0.15, 0.2) is 16.6 Å². The Morgan fingerprint density at radius 2 is 1.74 bits per heavy atom. The zero-order valence-corrected chi connectivity index (χ0v) is 15.6. The molecule has 130 valence electrons. The highest BCUT2D eigenvalue weighted by atomic mass is 79.9. The maximum absolute atomic E-state index is 14.7. The Balaban J connectivity index is 0.00000192. The molecule has 2 aliphatic rings. The van der Waals surface area contributed by atoms with Crippen molar-refractivity contribution in [3.8, 4) is 0 Å². The van der Waals surface area contributed by atoms with E-state index in [-0.39, 0.29) is 24.0 Å². The Morgan fingerprint density at radius 3 is 2.39 bits per heavy atom. The van der Waals surface area contributed by atoms with Crippen LogP contribution >= 0.6 is 28.3 Å². The molecular formula is C17H24BrClF2N2. The van der Waals surface area contributed by atoms with Crippen molar-refractivity contribution < 1.29 is 8.78 Å². The predicted molar refractivity (Wildman–Crippen MR) is 95.1 cm³/mol. The Bertz CT molecular complexity index is 500. The van der Waals surface area contributed by atoms with Crippen molar-refractivity contribution in [3.63, 3.8) is 0 Å². The van der Waals surface area contributed by atoms with Crippen molar-refractivity contribution in [3.05, 3.63) is 33.8 Å². The van der Waals surface area contributed by atoms with Gasteiger partial charge in [0.15, 0.2) is 0 Å². The van der Waals surface area contributed by atoms with Gasteiger partial charge in [0.1, 0.15) is 11.6 Å². The Morgan fingerprint density at radius 1 is 1.09 bits per heavy atom. The van der Waals surface area contributed by atoms with E-state index in [1.54, 1.807) is 0 Å². The Hall–Kier alpha value is -0.230. The van der Waals surface area contributed by atoms with E-state index in [4.69, 9.17) is 0 Å². The van der Waals surface area contributed by atoms with Crippen LogP contribution in [0.1, 0.15) is 43.7 Å². The highest BCUT2D eigenvalue weighted by molar-refractivity contribution is 9.10. The van der Waals surface area contributed by atoms with Crippen LogP contribution in [0, 0.1) is 17.6 Å². The second-order valence-electron chi connectivity index (χ2n) is 6.39. The SMILES string of the molecule is Cl.Fc1ccc(Br)c(F)c1[C@H](C1CCCCC1)N1CCNCC1. The number of hydrogen-bond acceptors (Lipinski definition) is 2. The third-order valence-corrected chi connectivity index (χ3v) is 5.63. The number of benzene rings is 1. The normalized spacial score (nSPS) is 21.7. The molecule has 6 heteroatoms. The summed E-state index contributed by atoms with van der Waals surface area (Å²) >= 11 is 3.22.